The maximum absolute atomic E-state index is 2.86. The second-order valence-electron chi connectivity index (χ2n) is 6.95. The number of hydrogen-bond donors (Lipinski definition) is 0. The molecule has 2 heteroatoms. The maximum Gasteiger partial charge on any atom is 0.0223 e. The molecule has 3 fully saturated rings. The quantitative estimate of drug-likeness (QED) is 0.705. The van der Waals surface area contributed by atoms with Gasteiger partial charge in [0.15, 0.2) is 0 Å². The molecule has 1 unspecified atom stereocenters. The van der Waals surface area contributed by atoms with Crippen LogP contribution in [-0.2, 0) is 0 Å². The summed E-state index contributed by atoms with van der Waals surface area (Å²) in [5.41, 5.74) is 0. The average molecular weight is 250 g/mol. The van der Waals surface area contributed by atoms with E-state index in [0.29, 0.717) is 0 Å². The summed E-state index contributed by atoms with van der Waals surface area (Å²) in [5, 5.41) is 0. The first kappa shape index (κ1) is 12.9. The summed E-state index contributed by atoms with van der Waals surface area (Å²) >= 11 is 0. The Bertz CT molecular complexity index is 258. The van der Waals surface area contributed by atoms with Crippen molar-refractivity contribution >= 4 is 0 Å². The van der Waals surface area contributed by atoms with E-state index in [-0.39, 0.29) is 0 Å². The highest BCUT2D eigenvalue weighted by Crippen LogP contribution is 2.29. The maximum atomic E-state index is 2.86. The summed E-state index contributed by atoms with van der Waals surface area (Å²) in [6.45, 7) is 7.91. The Morgan fingerprint density at radius 3 is 2.22 bits per heavy atom. The Morgan fingerprint density at radius 1 is 0.667 bits per heavy atom. The molecule has 0 spiro atoms. The van der Waals surface area contributed by atoms with E-state index in [4.69, 9.17) is 0 Å². The zero-order valence-corrected chi connectivity index (χ0v) is 12.1. The van der Waals surface area contributed by atoms with Gasteiger partial charge in [-0.05, 0) is 70.5 Å². The number of nitrogens with zero attached hydrogens (tertiary/aromatic N) is 2. The molecule has 18 heavy (non-hydrogen) atoms. The normalized spacial score (nSPS) is 40.2. The summed E-state index contributed by atoms with van der Waals surface area (Å²) in [4.78, 5) is 5.65. The molecule has 2 aliphatic heterocycles. The van der Waals surface area contributed by atoms with Crippen molar-refractivity contribution in [3.8, 4) is 0 Å². The SMILES string of the molecule is CC1CCC(N2CCCN3CCCCC3C2)CC1. The van der Waals surface area contributed by atoms with Gasteiger partial charge >= 0.3 is 0 Å². The van der Waals surface area contributed by atoms with Crippen LogP contribution >= 0.6 is 0 Å². The van der Waals surface area contributed by atoms with Crippen molar-refractivity contribution in [2.24, 2.45) is 5.92 Å². The molecule has 1 aliphatic carbocycles. The Morgan fingerprint density at radius 2 is 1.39 bits per heavy atom. The van der Waals surface area contributed by atoms with Crippen LogP contribution in [0.2, 0.25) is 0 Å². The first-order chi connectivity index (χ1) is 8.83. The van der Waals surface area contributed by atoms with E-state index in [1.807, 2.05) is 0 Å². The third kappa shape index (κ3) is 2.91. The molecule has 0 amide bonds. The molecular weight excluding hydrogens is 220 g/mol. The van der Waals surface area contributed by atoms with E-state index in [0.717, 1.165) is 18.0 Å². The molecule has 2 saturated heterocycles. The molecule has 2 nitrogen and oxygen atoms in total. The molecular formula is C16H30N2. The van der Waals surface area contributed by atoms with Gasteiger partial charge in [0.25, 0.3) is 0 Å². The van der Waals surface area contributed by atoms with Crippen molar-refractivity contribution in [1.82, 2.24) is 9.80 Å². The smallest absolute Gasteiger partial charge is 0.0223 e. The standard InChI is InChI=1S/C16H30N2/c1-14-6-8-15(9-7-14)18-12-4-11-17-10-3-2-5-16(17)13-18/h14-16H,2-13H2,1H3. The summed E-state index contributed by atoms with van der Waals surface area (Å²) < 4.78 is 0. The van der Waals surface area contributed by atoms with E-state index in [9.17, 15) is 0 Å². The highest BCUT2D eigenvalue weighted by atomic mass is 15.3. The molecule has 0 aromatic heterocycles. The molecule has 0 aromatic rings. The van der Waals surface area contributed by atoms with Gasteiger partial charge in [-0.25, -0.2) is 0 Å². The van der Waals surface area contributed by atoms with E-state index in [2.05, 4.69) is 16.7 Å². The monoisotopic (exact) mass is 250 g/mol. The molecule has 3 aliphatic rings. The minimum Gasteiger partial charge on any atom is -0.299 e. The van der Waals surface area contributed by atoms with Crippen LogP contribution in [0.4, 0.5) is 0 Å². The van der Waals surface area contributed by atoms with E-state index in [1.165, 1.54) is 77.5 Å². The highest BCUT2D eigenvalue weighted by molar-refractivity contribution is 4.87. The molecule has 0 N–H and O–H groups in total. The Hall–Kier alpha value is -0.0800. The largest absolute Gasteiger partial charge is 0.299 e. The number of piperidine rings is 1. The number of rotatable bonds is 1. The summed E-state index contributed by atoms with van der Waals surface area (Å²) in [5.74, 6) is 0.986. The van der Waals surface area contributed by atoms with Gasteiger partial charge in [0.05, 0.1) is 0 Å². The van der Waals surface area contributed by atoms with Crippen molar-refractivity contribution < 1.29 is 0 Å². The van der Waals surface area contributed by atoms with Gasteiger partial charge < -0.3 is 0 Å². The fourth-order valence-electron chi connectivity index (χ4n) is 4.34. The van der Waals surface area contributed by atoms with E-state index >= 15 is 0 Å². The molecule has 1 saturated carbocycles. The predicted octanol–water partition coefficient (Wildman–Crippen LogP) is 3.13. The van der Waals surface area contributed by atoms with E-state index in [1.54, 1.807) is 0 Å². The molecule has 0 radical (unpaired) electrons. The van der Waals surface area contributed by atoms with Gasteiger partial charge in [-0.1, -0.05) is 13.3 Å². The van der Waals surface area contributed by atoms with Crippen molar-refractivity contribution in [2.45, 2.75) is 70.4 Å². The first-order valence-electron chi connectivity index (χ1n) is 8.31. The van der Waals surface area contributed by atoms with Crippen LogP contribution in [0.25, 0.3) is 0 Å². The third-order valence-electron chi connectivity index (χ3n) is 5.59. The van der Waals surface area contributed by atoms with Crippen molar-refractivity contribution in [3.63, 3.8) is 0 Å². The van der Waals surface area contributed by atoms with Crippen LogP contribution < -0.4 is 0 Å². The minimum absolute atomic E-state index is 0.889. The van der Waals surface area contributed by atoms with Gasteiger partial charge in [0.2, 0.25) is 0 Å². The van der Waals surface area contributed by atoms with Crippen LogP contribution in [0.1, 0.15) is 58.3 Å². The summed E-state index contributed by atoms with van der Waals surface area (Å²) in [6, 6.07) is 1.81. The van der Waals surface area contributed by atoms with Crippen molar-refractivity contribution in [3.05, 3.63) is 0 Å². The molecule has 104 valence electrons. The van der Waals surface area contributed by atoms with Crippen LogP contribution in [-0.4, -0.2) is 48.1 Å². The van der Waals surface area contributed by atoms with Gasteiger partial charge in [-0.2, -0.15) is 0 Å². The molecule has 3 rings (SSSR count). The lowest BCUT2D eigenvalue weighted by Gasteiger charge is -2.39. The molecule has 0 bridgehead atoms. The van der Waals surface area contributed by atoms with Gasteiger partial charge in [0, 0.05) is 18.6 Å². The van der Waals surface area contributed by atoms with Crippen LogP contribution in [0, 0.1) is 5.92 Å². The van der Waals surface area contributed by atoms with E-state index < -0.39 is 0 Å². The average Bonchev–Trinajstić information content (AvgIpc) is 2.61. The topological polar surface area (TPSA) is 6.48 Å². The molecule has 1 atom stereocenters. The molecule has 2 heterocycles. The lowest BCUT2D eigenvalue weighted by Crippen LogP contribution is -2.47. The van der Waals surface area contributed by atoms with Crippen LogP contribution in [0.5, 0.6) is 0 Å². The summed E-state index contributed by atoms with van der Waals surface area (Å²) in [7, 11) is 0. The van der Waals surface area contributed by atoms with Gasteiger partial charge in [0.1, 0.15) is 0 Å². The second kappa shape index (κ2) is 5.92. The van der Waals surface area contributed by atoms with Crippen LogP contribution in [0.3, 0.4) is 0 Å². The Labute approximate surface area is 113 Å². The minimum atomic E-state index is 0.889. The third-order valence-corrected chi connectivity index (χ3v) is 5.59. The fourth-order valence-corrected chi connectivity index (χ4v) is 4.34. The second-order valence-corrected chi connectivity index (χ2v) is 6.95. The zero-order chi connectivity index (χ0) is 12.4. The van der Waals surface area contributed by atoms with Crippen molar-refractivity contribution in [2.75, 3.05) is 26.2 Å². The molecule has 0 aromatic carbocycles. The fraction of sp³-hybridized carbons (Fsp3) is 1.00. The van der Waals surface area contributed by atoms with Gasteiger partial charge in [-0.3, -0.25) is 9.80 Å². The number of hydrogen-bond acceptors (Lipinski definition) is 2. The van der Waals surface area contributed by atoms with Crippen molar-refractivity contribution in [1.29, 1.82) is 0 Å². The lowest BCUT2D eigenvalue weighted by molar-refractivity contribution is 0.0993. The Balaban J connectivity index is 1.59. The summed E-state index contributed by atoms with van der Waals surface area (Å²) in [6.07, 6.45) is 11.6. The highest BCUT2D eigenvalue weighted by Gasteiger charge is 2.31. The predicted molar refractivity (Wildman–Crippen MR) is 76.8 cm³/mol. The van der Waals surface area contributed by atoms with Crippen LogP contribution in [0.15, 0.2) is 0 Å². The Kier molecular flexibility index (Phi) is 4.25. The van der Waals surface area contributed by atoms with Gasteiger partial charge in [-0.15, -0.1) is 0 Å². The first-order valence-corrected chi connectivity index (χ1v) is 8.31. The zero-order valence-electron chi connectivity index (χ0n) is 12.1. The number of fused-ring (bicyclic) bond motifs is 1. The lowest BCUT2D eigenvalue weighted by atomic mass is 9.86.